The Morgan fingerprint density at radius 3 is 2.77 bits per heavy atom. The molecular weight excluding hydrogens is 326 g/mol. The molecule has 3 N–H and O–H groups in total. The fourth-order valence-corrected chi connectivity index (χ4v) is 4.03. The lowest BCUT2D eigenvalue weighted by atomic mass is 10.1. The van der Waals surface area contributed by atoms with Gasteiger partial charge in [0.25, 0.3) is 10.0 Å². The number of nitrogens with two attached hydrogens (primary N) is 1. The van der Waals surface area contributed by atoms with Crippen molar-refractivity contribution in [1.82, 2.24) is 9.71 Å². The molecule has 9 heteroatoms. The number of sulfonamides is 1. The molecule has 1 aromatic heterocycles. The third-order valence-corrected chi connectivity index (χ3v) is 5.83. The zero-order valence-electron chi connectivity index (χ0n) is 11.6. The second-order valence-electron chi connectivity index (χ2n) is 4.64. The normalized spacial score (nSPS) is 14.0. The topological polar surface area (TPSA) is 104 Å². The predicted molar refractivity (Wildman–Crippen MR) is 82.9 cm³/mol. The van der Waals surface area contributed by atoms with Crippen molar-refractivity contribution in [3.05, 3.63) is 30.0 Å². The SMILES string of the molecule is Nc1ncc(S(=O)(=O)NCCc2ccc3c(c2)OCCO3)s1. The van der Waals surface area contributed by atoms with Crippen LogP contribution < -0.4 is 19.9 Å². The van der Waals surface area contributed by atoms with E-state index in [1.807, 2.05) is 18.2 Å². The molecule has 0 spiro atoms. The molecule has 0 fully saturated rings. The highest BCUT2D eigenvalue weighted by molar-refractivity contribution is 7.91. The minimum absolute atomic E-state index is 0.118. The quantitative estimate of drug-likeness (QED) is 0.841. The minimum atomic E-state index is -3.56. The van der Waals surface area contributed by atoms with Crippen LogP contribution in [0.5, 0.6) is 11.5 Å². The zero-order valence-corrected chi connectivity index (χ0v) is 13.2. The van der Waals surface area contributed by atoms with E-state index in [-0.39, 0.29) is 15.9 Å². The van der Waals surface area contributed by atoms with Crippen LogP contribution in [-0.2, 0) is 16.4 Å². The van der Waals surface area contributed by atoms with E-state index in [9.17, 15) is 8.42 Å². The maximum Gasteiger partial charge on any atom is 0.251 e. The summed E-state index contributed by atoms with van der Waals surface area (Å²) in [7, 11) is -3.56. The average Bonchev–Trinajstić information content (AvgIpc) is 2.94. The van der Waals surface area contributed by atoms with Crippen molar-refractivity contribution >= 4 is 26.5 Å². The van der Waals surface area contributed by atoms with Gasteiger partial charge in [-0.3, -0.25) is 0 Å². The van der Waals surface area contributed by atoms with Gasteiger partial charge in [0.1, 0.15) is 13.2 Å². The minimum Gasteiger partial charge on any atom is -0.486 e. The maximum absolute atomic E-state index is 12.0. The molecule has 0 atom stereocenters. The van der Waals surface area contributed by atoms with Gasteiger partial charge in [-0.1, -0.05) is 17.4 Å². The zero-order chi connectivity index (χ0) is 15.6. The van der Waals surface area contributed by atoms with E-state index >= 15 is 0 Å². The Labute approximate surface area is 132 Å². The van der Waals surface area contributed by atoms with Crippen molar-refractivity contribution in [3.8, 4) is 11.5 Å². The Kier molecular flexibility index (Phi) is 4.19. The van der Waals surface area contributed by atoms with Gasteiger partial charge in [0.05, 0.1) is 6.20 Å². The number of hydrogen-bond donors (Lipinski definition) is 2. The van der Waals surface area contributed by atoms with Gasteiger partial charge in [-0.05, 0) is 24.1 Å². The molecule has 1 aliphatic heterocycles. The van der Waals surface area contributed by atoms with Gasteiger partial charge in [-0.15, -0.1) is 0 Å². The monoisotopic (exact) mass is 341 g/mol. The molecule has 0 aliphatic carbocycles. The van der Waals surface area contributed by atoms with Gasteiger partial charge in [0.2, 0.25) is 0 Å². The van der Waals surface area contributed by atoms with E-state index in [0.717, 1.165) is 22.6 Å². The Balaban J connectivity index is 1.61. The summed E-state index contributed by atoms with van der Waals surface area (Å²) in [5.41, 5.74) is 6.42. The summed E-state index contributed by atoms with van der Waals surface area (Å²) < 4.78 is 37.6. The van der Waals surface area contributed by atoms with E-state index < -0.39 is 10.0 Å². The molecule has 0 radical (unpaired) electrons. The van der Waals surface area contributed by atoms with Crippen LogP contribution in [0.4, 0.5) is 5.13 Å². The number of nitrogens with zero attached hydrogens (tertiary/aromatic N) is 1. The Morgan fingerprint density at radius 1 is 1.27 bits per heavy atom. The number of rotatable bonds is 5. The fraction of sp³-hybridized carbons (Fsp3) is 0.308. The van der Waals surface area contributed by atoms with Crippen LogP contribution in [0.1, 0.15) is 5.56 Å². The Bertz CT molecular complexity index is 773. The number of aromatic nitrogens is 1. The van der Waals surface area contributed by atoms with Crippen LogP contribution in [0.15, 0.2) is 28.6 Å². The number of nitrogens with one attached hydrogen (secondary N) is 1. The third kappa shape index (κ3) is 3.32. The summed E-state index contributed by atoms with van der Waals surface area (Å²) >= 11 is 0.939. The summed E-state index contributed by atoms with van der Waals surface area (Å²) in [5.74, 6) is 1.41. The molecule has 7 nitrogen and oxygen atoms in total. The lowest BCUT2D eigenvalue weighted by Gasteiger charge is -2.18. The maximum atomic E-state index is 12.0. The molecule has 0 bridgehead atoms. The van der Waals surface area contributed by atoms with Crippen LogP contribution in [0.25, 0.3) is 0 Å². The number of hydrogen-bond acceptors (Lipinski definition) is 7. The third-order valence-electron chi connectivity index (χ3n) is 3.08. The van der Waals surface area contributed by atoms with E-state index in [1.54, 1.807) is 0 Å². The Morgan fingerprint density at radius 2 is 2.05 bits per heavy atom. The summed E-state index contributed by atoms with van der Waals surface area (Å²) in [6.07, 6.45) is 1.80. The van der Waals surface area contributed by atoms with Gasteiger partial charge in [-0.25, -0.2) is 18.1 Å². The molecule has 2 heterocycles. The molecule has 118 valence electrons. The van der Waals surface area contributed by atoms with Gasteiger partial charge < -0.3 is 15.2 Å². The summed E-state index contributed by atoms with van der Waals surface area (Å²) in [6.45, 7) is 1.35. The van der Waals surface area contributed by atoms with E-state index in [0.29, 0.717) is 25.4 Å². The molecule has 3 rings (SSSR count). The van der Waals surface area contributed by atoms with Crippen molar-refractivity contribution in [2.75, 3.05) is 25.5 Å². The molecule has 0 amide bonds. The second kappa shape index (κ2) is 6.11. The van der Waals surface area contributed by atoms with Gasteiger partial charge in [0, 0.05) is 6.54 Å². The molecule has 1 aliphatic rings. The largest absolute Gasteiger partial charge is 0.486 e. The molecular formula is C13H15N3O4S2. The number of ether oxygens (including phenoxy) is 2. The van der Waals surface area contributed by atoms with Gasteiger partial charge in [0.15, 0.2) is 20.8 Å². The summed E-state index contributed by atoms with van der Waals surface area (Å²) in [6, 6.07) is 5.60. The number of fused-ring (bicyclic) bond motifs is 1. The second-order valence-corrected chi connectivity index (χ2v) is 7.70. The number of anilines is 1. The number of benzene rings is 1. The molecule has 0 unspecified atom stereocenters. The van der Waals surface area contributed by atoms with Crippen molar-refractivity contribution in [2.45, 2.75) is 10.6 Å². The van der Waals surface area contributed by atoms with Crippen LogP contribution in [0.2, 0.25) is 0 Å². The molecule has 1 aromatic carbocycles. The van der Waals surface area contributed by atoms with E-state index in [4.69, 9.17) is 15.2 Å². The standard InChI is InChI=1S/C13H15N3O4S2/c14-13-15-8-12(21-13)22(17,18)16-4-3-9-1-2-10-11(7-9)20-6-5-19-10/h1-2,7-8,16H,3-6H2,(H2,14,15). The summed E-state index contributed by atoms with van der Waals surface area (Å²) in [4.78, 5) is 3.74. The van der Waals surface area contributed by atoms with Crippen LogP contribution in [0, 0.1) is 0 Å². The first-order chi connectivity index (χ1) is 10.5. The predicted octanol–water partition coefficient (Wildman–Crippen LogP) is 1.02. The highest BCUT2D eigenvalue weighted by Crippen LogP contribution is 2.30. The smallest absolute Gasteiger partial charge is 0.251 e. The fourth-order valence-electron chi connectivity index (χ4n) is 2.04. The van der Waals surface area contributed by atoms with Gasteiger partial charge in [-0.2, -0.15) is 0 Å². The van der Waals surface area contributed by atoms with Crippen LogP contribution in [0.3, 0.4) is 0 Å². The Hall–Kier alpha value is -1.84. The number of nitrogen functional groups attached to an aromatic ring is 1. The molecule has 0 saturated carbocycles. The highest BCUT2D eigenvalue weighted by atomic mass is 32.2. The van der Waals surface area contributed by atoms with Crippen LogP contribution in [-0.4, -0.2) is 33.2 Å². The molecule has 2 aromatic rings. The van der Waals surface area contributed by atoms with E-state index in [1.165, 1.54) is 6.20 Å². The lowest BCUT2D eigenvalue weighted by Crippen LogP contribution is -2.25. The summed E-state index contributed by atoms with van der Waals surface area (Å²) in [5, 5.41) is 0.229. The average molecular weight is 341 g/mol. The van der Waals surface area contributed by atoms with Gasteiger partial charge >= 0.3 is 0 Å². The van der Waals surface area contributed by atoms with Crippen molar-refractivity contribution in [1.29, 1.82) is 0 Å². The lowest BCUT2D eigenvalue weighted by molar-refractivity contribution is 0.171. The highest BCUT2D eigenvalue weighted by Gasteiger charge is 2.17. The first-order valence-electron chi connectivity index (χ1n) is 6.64. The van der Waals surface area contributed by atoms with Crippen molar-refractivity contribution in [2.24, 2.45) is 0 Å². The van der Waals surface area contributed by atoms with Crippen molar-refractivity contribution < 1.29 is 17.9 Å². The van der Waals surface area contributed by atoms with Crippen molar-refractivity contribution in [3.63, 3.8) is 0 Å². The molecule has 22 heavy (non-hydrogen) atoms. The van der Waals surface area contributed by atoms with E-state index in [2.05, 4.69) is 9.71 Å². The first kappa shape index (κ1) is 15.1. The van der Waals surface area contributed by atoms with Crippen LogP contribution >= 0.6 is 11.3 Å². The molecule has 0 saturated heterocycles. The number of thiazole rings is 1. The first-order valence-corrected chi connectivity index (χ1v) is 8.94.